The van der Waals surface area contributed by atoms with Gasteiger partial charge in [0.15, 0.2) is 0 Å². The average Bonchev–Trinajstić information content (AvgIpc) is 2.82. The number of nitrogens with two attached hydrogens (primary N) is 1. The zero-order valence-electron chi connectivity index (χ0n) is 8.81. The summed E-state index contributed by atoms with van der Waals surface area (Å²) in [5.41, 5.74) is 9.90. The maximum Gasteiger partial charge on any atom is 0.0559 e. The SMILES string of the molecule is CCc1ccc(C(N)c2ccsc2)cc1. The van der Waals surface area contributed by atoms with E-state index in [1.165, 1.54) is 16.7 Å². The van der Waals surface area contributed by atoms with E-state index in [9.17, 15) is 0 Å². The highest BCUT2D eigenvalue weighted by Gasteiger charge is 2.08. The van der Waals surface area contributed by atoms with Crippen LogP contribution in [-0.4, -0.2) is 0 Å². The van der Waals surface area contributed by atoms with E-state index in [1.807, 2.05) is 0 Å². The van der Waals surface area contributed by atoms with Crippen LogP contribution in [-0.2, 0) is 6.42 Å². The minimum atomic E-state index is 0.0159. The number of aryl methyl sites for hydroxylation is 1. The first kappa shape index (κ1) is 10.4. The predicted octanol–water partition coefficient (Wildman–Crippen LogP) is 3.36. The van der Waals surface area contributed by atoms with Gasteiger partial charge in [0.05, 0.1) is 6.04 Å². The molecule has 0 fully saturated rings. The van der Waals surface area contributed by atoms with Gasteiger partial charge in [0, 0.05) is 0 Å². The topological polar surface area (TPSA) is 26.0 Å². The van der Waals surface area contributed by atoms with E-state index in [0.29, 0.717) is 0 Å². The monoisotopic (exact) mass is 217 g/mol. The van der Waals surface area contributed by atoms with Gasteiger partial charge in [0.2, 0.25) is 0 Å². The fourth-order valence-electron chi connectivity index (χ4n) is 1.61. The first-order valence-electron chi connectivity index (χ1n) is 5.17. The summed E-state index contributed by atoms with van der Waals surface area (Å²) in [7, 11) is 0. The largest absolute Gasteiger partial charge is 0.320 e. The van der Waals surface area contributed by atoms with Gasteiger partial charge in [-0.25, -0.2) is 0 Å². The maximum atomic E-state index is 6.16. The van der Waals surface area contributed by atoms with Gasteiger partial charge in [-0.3, -0.25) is 0 Å². The van der Waals surface area contributed by atoms with Crippen molar-refractivity contribution >= 4 is 11.3 Å². The van der Waals surface area contributed by atoms with Crippen molar-refractivity contribution in [2.45, 2.75) is 19.4 Å². The van der Waals surface area contributed by atoms with Crippen LogP contribution in [0, 0.1) is 0 Å². The first-order chi connectivity index (χ1) is 7.31. The lowest BCUT2D eigenvalue weighted by molar-refractivity contribution is 0.875. The minimum absolute atomic E-state index is 0.0159. The molecule has 0 saturated carbocycles. The third kappa shape index (κ3) is 2.28. The van der Waals surface area contributed by atoms with Crippen LogP contribution >= 0.6 is 11.3 Å². The Bertz CT molecular complexity index is 403. The van der Waals surface area contributed by atoms with Crippen LogP contribution in [0.25, 0.3) is 0 Å². The van der Waals surface area contributed by atoms with Crippen molar-refractivity contribution in [3.05, 3.63) is 57.8 Å². The quantitative estimate of drug-likeness (QED) is 0.838. The Balaban J connectivity index is 2.22. The molecule has 2 rings (SSSR count). The van der Waals surface area contributed by atoms with E-state index in [1.54, 1.807) is 11.3 Å². The summed E-state index contributed by atoms with van der Waals surface area (Å²) < 4.78 is 0. The van der Waals surface area contributed by atoms with Gasteiger partial charge in [0.1, 0.15) is 0 Å². The second-order valence-electron chi connectivity index (χ2n) is 3.63. The number of benzene rings is 1. The molecule has 0 amide bonds. The highest BCUT2D eigenvalue weighted by molar-refractivity contribution is 7.08. The Kier molecular flexibility index (Phi) is 3.19. The normalized spacial score (nSPS) is 12.7. The fraction of sp³-hybridized carbons (Fsp3) is 0.231. The standard InChI is InChI=1S/C13H15NS/c1-2-10-3-5-11(6-4-10)13(14)12-7-8-15-9-12/h3-9,13H,2,14H2,1H3. The lowest BCUT2D eigenvalue weighted by atomic mass is 10.0. The predicted molar refractivity (Wildman–Crippen MR) is 66.2 cm³/mol. The van der Waals surface area contributed by atoms with Crippen LogP contribution < -0.4 is 5.73 Å². The lowest BCUT2D eigenvalue weighted by Gasteiger charge is -2.10. The van der Waals surface area contributed by atoms with Gasteiger partial charge >= 0.3 is 0 Å². The van der Waals surface area contributed by atoms with Crippen LogP contribution in [0.5, 0.6) is 0 Å². The summed E-state index contributed by atoms with van der Waals surface area (Å²) in [6, 6.07) is 10.7. The van der Waals surface area contributed by atoms with Crippen LogP contribution in [0.2, 0.25) is 0 Å². The zero-order chi connectivity index (χ0) is 10.7. The van der Waals surface area contributed by atoms with Gasteiger partial charge in [0.25, 0.3) is 0 Å². The Hall–Kier alpha value is -1.12. The van der Waals surface area contributed by atoms with Crippen molar-refractivity contribution in [1.29, 1.82) is 0 Å². The second-order valence-corrected chi connectivity index (χ2v) is 4.41. The molecule has 2 N–H and O–H groups in total. The first-order valence-corrected chi connectivity index (χ1v) is 6.12. The number of hydrogen-bond donors (Lipinski definition) is 1. The molecule has 1 unspecified atom stereocenters. The van der Waals surface area contributed by atoms with Crippen molar-refractivity contribution in [1.82, 2.24) is 0 Å². The summed E-state index contributed by atoms with van der Waals surface area (Å²) in [6.07, 6.45) is 1.08. The Morgan fingerprint density at radius 1 is 1.13 bits per heavy atom. The summed E-state index contributed by atoms with van der Waals surface area (Å²) >= 11 is 1.69. The van der Waals surface area contributed by atoms with Crippen LogP contribution in [0.3, 0.4) is 0 Å². The fourth-order valence-corrected chi connectivity index (χ4v) is 2.30. The molecular weight excluding hydrogens is 202 g/mol. The molecule has 1 aromatic carbocycles. The van der Waals surface area contributed by atoms with Gasteiger partial charge in [-0.1, -0.05) is 31.2 Å². The molecule has 1 heterocycles. The molecule has 1 nitrogen and oxygen atoms in total. The Labute approximate surface area is 94.6 Å². The van der Waals surface area contributed by atoms with Gasteiger partial charge in [-0.05, 0) is 39.9 Å². The summed E-state index contributed by atoms with van der Waals surface area (Å²) in [6.45, 7) is 2.16. The number of hydrogen-bond acceptors (Lipinski definition) is 2. The molecule has 15 heavy (non-hydrogen) atoms. The van der Waals surface area contributed by atoms with Crippen LogP contribution in [0.4, 0.5) is 0 Å². The Morgan fingerprint density at radius 3 is 2.40 bits per heavy atom. The highest BCUT2D eigenvalue weighted by Crippen LogP contribution is 2.21. The molecule has 0 radical (unpaired) electrons. The van der Waals surface area contributed by atoms with E-state index < -0.39 is 0 Å². The maximum absolute atomic E-state index is 6.16. The van der Waals surface area contributed by atoms with Crippen molar-refractivity contribution < 1.29 is 0 Å². The van der Waals surface area contributed by atoms with Crippen molar-refractivity contribution in [2.24, 2.45) is 5.73 Å². The molecule has 0 saturated heterocycles. The molecule has 0 aliphatic rings. The molecule has 0 bridgehead atoms. The molecule has 0 aliphatic heterocycles. The second kappa shape index (κ2) is 4.60. The minimum Gasteiger partial charge on any atom is -0.320 e. The molecule has 0 spiro atoms. The number of rotatable bonds is 3. The zero-order valence-corrected chi connectivity index (χ0v) is 9.63. The van der Waals surface area contributed by atoms with E-state index in [0.717, 1.165) is 6.42 Å². The molecule has 2 heteroatoms. The average molecular weight is 217 g/mol. The van der Waals surface area contributed by atoms with Gasteiger partial charge in [-0.2, -0.15) is 11.3 Å². The summed E-state index contributed by atoms with van der Waals surface area (Å²) in [5, 5.41) is 4.17. The Morgan fingerprint density at radius 2 is 1.87 bits per heavy atom. The van der Waals surface area contributed by atoms with E-state index in [4.69, 9.17) is 5.73 Å². The van der Waals surface area contributed by atoms with Crippen molar-refractivity contribution in [3.8, 4) is 0 Å². The molecule has 1 aromatic heterocycles. The smallest absolute Gasteiger partial charge is 0.0559 e. The number of thiophene rings is 1. The molecule has 78 valence electrons. The summed E-state index contributed by atoms with van der Waals surface area (Å²) in [5.74, 6) is 0. The van der Waals surface area contributed by atoms with Crippen molar-refractivity contribution in [2.75, 3.05) is 0 Å². The van der Waals surface area contributed by atoms with E-state index >= 15 is 0 Å². The lowest BCUT2D eigenvalue weighted by Crippen LogP contribution is -2.10. The van der Waals surface area contributed by atoms with Crippen LogP contribution in [0.1, 0.15) is 29.7 Å². The molecule has 0 aliphatic carbocycles. The molecule has 1 atom stereocenters. The molecule has 2 aromatic rings. The van der Waals surface area contributed by atoms with Crippen LogP contribution in [0.15, 0.2) is 41.1 Å². The van der Waals surface area contributed by atoms with E-state index in [2.05, 4.69) is 48.0 Å². The van der Waals surface area contributed by atoms with Crippen molar-refractivity contribution in [3.63, 3.8) is 0 Å². The van der Waals surface area contributed by atoms with Gasteiger partial charge in [-0.15, -0.1) is 0 Å². The summed E-state index contributed by atoms with van der Waals surface area (Å²) in [4.78, 5) is 0. The van der Waals surface area contributed by atoms with E-state index in [-0.39, 0.29) is 6.04 Å². The highest BCUT2D eigenvalue weighted by atomic mass is 32.1. The third-order valence-electron chi connectivity index (χ3n) is 2.65. The van der Waals surface area contributed by atoms with Gasteiger partial charge < -0.3 is 5.73 Å². The third-order valence-corrected chi connectivity index (χ3v) is 3.35. The molecular formula is C13H15NS.